The standard InChI is InChI=1S/C17H19N7O/c1-22-9-7-20-16(22)15-12-18-6-10-23(15)17(25)14-11-13(3-5-19-14)24-8-2-4-21-24/h2-5,7-9,11,15,18H,6,10,12H2,1H3. The Labute approximate surface area is 145 Å². The lowest BCUT2D eigenvalue weighted by atomic mass is 10.1. The van der Waals surface area contributed by atoms with Gasteiger partial charge in [0.25, 0.3) is 5.91 Å². The van der Waals surface area contributed by atoms with E-state index in [-0.39, 0.29) is 11.9 Å². The van der Waals surface area contributed by atoms with Crippen molar-refractivity contribution in [1.82, 2.24) is 34.5 Å². The number of aryl methyl sites for hydroxylation is 1. The highest BCUT2D eigenvalue weighted by atomic mass is 16.2. The Bertz CT molecular complexity index is 871. The number of nitrogens with zero attached hydrogens (tertiary/aromatic N) is 6. The molecule has 0 aliphatic carbocycles. The molecule has 1 unspecified atom stereocenters. The van der Waals surface area contributed by atoms with E-state index in [1.807, 2.05) is 41.0 Å². The molecule has 4 heterocycles. The van der Waals surface area contributed by atoms with Crippen molar-refractivity contribution in [1.29, 1.82) is 0 Å². The number of hydrogen-bond acceptors (Lipinski definition) is 5. The summed E-state index contributed by atoms with van der Waals surface area (Å²) in [5.41, 5.74) is 1.22. The minimum absolute atomic E-state index is 0.0940. The SMILES string of the molecule is Cn1ccnc1C1CNCCN1C(=O)c1cc(-n2cccn2)ccn1. The molecule has 25 heavy (non-hydrogen) atoms. The Kier molecular flexibility index (Phi) is 4.02. The van der Waals surface area contributed by atoms with E-state index in [9.17, 15) is 4.79 Å². The predicted molar refractivity (Wildman–Crippen MR) is 91.2 cm³/mol. The molecule has 0 aromatic carbocycles. The van der Waals surface area contributed by atoms with Gasteiger partial charge < -0.3 is 14.8 Å². The van der Waals surface area contributed by atoms with E-state index in [2.05, 4.69) is 20.4 Å². The van der Waals surface area contributed by atoms with Crippen LogP contribution in [-0.4, -0.2) is 54.8 Å². The highest BCUT2D eigenvalue weighted by Gasteiger charge is 2.31. The summed E-state index contributed by atoms with van der Waals surface area (Å²) < 4.78 is 3.66. The van der Waals surface area contributed by atoms with Gasteiger partial charge in [0.2, 0.25) is 0 Å². The monoisotopic (exact) mass is 337 g/mol. The second kappa shape index (κ2) is 6.48. The van der Waals surface area contributed by atoms with Crippen molar-refractivity contribution in [2.24, 2.45) is 7.05 Å². The Morgan fingerprint density at radius 2 is 2.16 bits per heavy atom. The highest BCUT2D eigenvalue weighted by molar-refractivity contribution is 5.93. The lowest BCUT2D eigenvalue weighted by Crippen LogP contribution is -2.49. The first-order valence-corrected chi connectivity index (χ1v) is 8.19. The molecule has 1 aliphatic heterocycles. The third-order valence-corrected chi connectivity index (χ3v) is 4.39. The number of imidazole rings is 1. The molecule has 0 saturated carbocycles. The van der Waals surface area contributed by atoms with Crippen molar-refractivity contribution in [3.63, 3.8) is 0 Å². The summed E-state index contributed by atoms with van der Waals surface area (Å²) in [4.78, 5) is 23.6. The molecule has 0 radical (unpaired) electrons. The largest absolute Gasteiger partial charge is 0.336 e. The quantitative estimate of drug-likeness (QED) is 0.764. The maximum Gasteiger partial charge on any atom is 0.273 e. The molecular formula is C17H19N7O. The molecule has 3 aromatic heterocycles. The molecule has 1 atom stereocenters. The van der Waals surface area contributed by atoms with Crippen LogP contribution in [0.5, 0.6) is 0 Å². The van der Waals surface area contributed by atoms with Crippen LogP contribution in [0.15, 0.2) is 49.2 Å². The van der Waals surface area contributed by atoms with Crippen molar-refractivity contribution in [3.8, 4) is 5.69 Å². The van der Waals surface area contributed by atoms with Gasteiger partial charge in [0.05, 0.1) is 5.69 Å². The van der Waals surface area contributed by atoms with E-state index in [1.54, 1.807) is 29.3 Å². The minimum atomic E-state index is -0.114. The van der Waals surface area contributed by atoms with E-state index < -0.39 is 0 Å². The summed E-state index contributed by atoms with van der Waals surface area (Å²) in [5.74, 6) is 0.771. The molecule has 1 aliphatic rings. The van der Waals surface area contributed by atoms with Crippen LogP contribution in [0.25, 0.3) is 5.69 Å². The van der Waals surface area contributed by atoms with Crippen molar-refractivity contribution in [3.05, 3.63) is 60.7 Å². The summed E-state index contributed by atoms with van der Waals surface area (Å²) in [6, 6.07) is 5.33. The van der Waals surface area contributed by atoms with Gasteiger partial charge in [0.15, 0.2) is 0 Å². The second-order valence-electron chi connectivity index (χ2n) is 5.96. The Balaban J connectivity index is 1.65. The number of amides is 1. The van der Waals surface area contributed by atoms with Crippen molar-refractivity contribution in [2.45, 2.75) is 6.04 Å². The van der Waals surface area contributed by atoms with Gasteiger partial charge in [-0.1, -0.05) is 0 Å². The Morgan fingerprint density at radius 1 is 1.24 bits per heavy atom. The average molecular weight is 337 g/mol. The smallest absolute Gasteiger partial charge is 0.273 e. The number of nitrogens with one attached hydrogen (secondary N) is 1. The summed E-state index contributed by atoms with van der Waals surface area (Å²) in [5, 5.41) is 7.55. The maximum atomic E-state index is 13.1. The fourth-order valence-electron chi connectivity index (χ4n) is 3.12. The van der Waals surface area contributed by atoms with Gasteiger partial charge >= 0.3 is 0 Å². The van der Waals surface area contributed by atoms with Gasteiger partial charge in [0.1, 0.15) is 17.6 Å². The normalized spacial score (nSPS) is 17.6. The molecular weight excluding hydrogens is 318 g/mol. The minimum Gasteiger partial charge on any atom is -0.336 e. The number of piperazine rings is 1. The van der Waals surface area contributed by atoms with Crippen LogP contribution < -0.4 is 5.32 Å². The summed E-state index contributed by atoms with van der Waals surface area (Å²) in [6.07, 6.45) is 8.83. The summed E-state index contributed by atoms with van der Waals surface area (Å²) >= 11 is 0. The van der Waals surface area contributed by atoms with Gasteiger partial charge in [-0.3, -0.25) is 9.78 Å². The topological polar surface area (TPSA) is 80.9 Å². The molecule has 3 aromatic rings. The lowest BCUT2D eigenvalue weighted by Gasteiger charge is -2.35. The first kappa shape index (κ1) is 15.5. The Morgan fingerprint density at radius 3 is 2.92 bits per heavy atom. The maximum absolute atomic E-state index is 13.1. The van der Waals surface area contributed by atoms with Crippen LogP contribution in [0.3, 0.4) is 0 Å². The number of carbonyl (C=O) groups is 1. The van der Waals surface area contributed by atoms with Gasteiger partial charge in [-0.15, -0.1) is 0 Å². The molecule has 1 amide bonds. The van der Waals surface area contributed by atoms with Crippen molar-refractivity contribution in [2.75, 3.05) is 19.6 Å². The zero-order chi connectivity index (χ0) is 17.2. The van der Waals surface area contributed by atoms with Gasteiger partial charge in [-0.05, 0) is 18.2 Å². The number of aromatic nitrogens is 5. The molecule has 8 nitrogen and oxygen atoms in total. The van der Waals surface area contributed by atoms with E-state index >= 15 is 0 Å². The first-order valence-electron chi connectivity index (χ1n) is 8.19. The van der Waals surface area contributed by atoms with Crippen LogP contribution in [0.4, 0.5) is 0 Å². The fraction of sp³-hybridized carbons (Fsp3) is 0.294. The molecule has 1 fully saturated rings. The molecule has 1 N–H and O–H groups in total. The third kappa shape index (κ3) is 2.91. The number of pyridine rings is 1. The lowest BCUT2D eigenvalue weighted by molar-refractivity contribution is 0.0614. The second-order valence-corrected chi connectivity index (χ2v) is 5.96. The molecule has 1 saturated heterocycles. The van der Waals surface area contributed by atoms with Gasteiger partial charge in [-0.25, -0.2) is 9.67 Å². The van der Waals surface area contributed by atoms with E-state index in [1.165, 1.54) is 0 Å². The van der Waals surface area contributed by atoms with Crippen LogP contribution in [0.1, 0.15) is 22.4 Å². The zero-order valence-electron chi connectivity index (χ0n) is 13.9. The van der Waals surface area contributed by atoms with Crippen LogP contribution in [-0.2, 0) is 7.05 Å². The first-order chi connectivity index (χ1) is 12.2. The third-order valence-electron chi connectivity index (χ3n) is 4.39. The van der Waals surface area contributed by atoms with Crippen molar-refractivity contribution < 1.29 is 4.79 Å². The fourth-order valence-corrected chi connectivity index (χ4v) is 3.12. The number of rotatable bonds is 3. The molecule has 128 valence electrons. The van der Waals surface area contributed by atoms with E-state index in [4.69, 9.17) is 0 Å². The van der Waals surface area contributed by atoms with E-state index in [0.717, 1.165) is 18.1 Å². The highest BCUT2D eigenvalue weighted by Crippen LogP contribution is 2.22. The summed E-state index contributed by atoms with van der Waals surface area (Å²) in [6.45, 7) is 2.05. The van der Waals surface area contributed by atoms with E-state index in [0.29, 0.717) is 18.8 Å². The number of hydrogen-bond donors (Lipinski definition) is 1. The molecule has 8 heteroatoms. The van der Waals surface area contributed by atoms with Crippen LogP contribution >= 0.6 is 0 Å². The molecule has 4 rings (SSSR count). The summed E-state index contributed by atoms with van der Waals surface area (Å²) in [7, 11) is 1.94. The van der Waals surface area contributed by atoms with Crippen molar-refractivity contribution >= 4 is 5.91 Å². The van der Waals surface area contributed by atoms with Gasteiger partial charge in [0, 0.05) is 57.7 Å². The Hall–Kier alpha value is -3.00. The molecule has 0 spiro atoms. The van der Waals surface area contributed by atoms with Crippen LogP contribution in [0.2, 0.25) is 0 Å². The number of carbonyl (C=O) groups excluding carboxylic acids is 1. The predicted octanol–water partition coefficient (Wildman–Crippen LogP) is 0.787. The zero-order valence-corrected chi connectivity index (χ0v) is 13.9. The van der Waals surface area contributed by atoms with Gasteiger partial charge in [-0.2, -0.15) is 5.10 Å². The molecule has 0 bridgehead atoms. The average Bonchev–Trinajstić information content (AvgIpc) is 3.33. The van der Waals surface area contributed by atoms with Crippen LogP contribution in [0, 0.1) is 0 Å².